The van der Waals surface area contributed by atoms with E-state index in [2.05, 4.69) is 5.32 Å². The van der Waals surface area contributed by atoms with E-state index in [-0.39, 0.29) is 23.5 Å². The number of rotatable bonds is 7. The van der Waals surface area contributed by atoms with Gasteiger partial charge in [-0.15, -0.1) is 0 Å². The van der Waals surface area contributed by atoms with Gasteiger partial charge in [-0.3, -0.25) is 9.59 Å². The van der Waals surface area contributed by atoms with Gasteiger partial charge in [-0.25, -0.2) is 13.2 Å². The molecule has 0 bridgehead atoms. The van der Waals surface area contributed by atoms with Crippen LogP contribution in [0.15, 0.2) is 0 Å². The van der Waals surface area contributed by atoms with Crippen LogP contribution < -0.4 is 5.32 Å². The average Bonchev–Trinajstić information content (AvgIpc) is 2.90. The molecule has 0 radical (unpaired) electrons. The molecule has 0 aliphatic carbocycles. The fourth-order valence-corrected chi connectivity index (χ4v) is 4.52. The fraction of sp³-hybridized carbons (Fsp3) is 0.833. The summed E-state index contributed by atoms with van der Waals surface area (Å²) in [6.45, 7) is 9.94. The van der Waals surface area contributed by atoms with Gasteiger partial charge in [0.1, 0.15) is 6.04 Å². The minimum Gasteiger partial charge on any atom is -0.454 e. The Kier molecular flexibility index (Phi) is 7.83. The number of nitrogens with one attached hydrogen (secondary N) is 1. The third kappa shape index (κ3) is 6.79. The molecule has 1 fully saturated rings. The number of carbonyl (C=O) groups is 3. The second kappa shape index (κ2) is 9.03. The molecule has 156 valence electrons. The summed E-state index contributed by atoms with van der Waals surface area (Å²) >= 11 is 0. The predicted molar refractivity (Wildman–Crippen MR) is 102 cm³/mol. The molecule has 2 amide bonds. The summed E-state index contributed by atoms with van der Waals surface area (Å²) < 4.78 is 28.6. The highest BCUT2D eigenvalue weighted by Gasteiger charge is 2.37. The van der Waals surface area contributed by atoms with E-state index in [0.29, 0.717) is 12.8 Å². The van der Waals surface area contributed by atoms with Crippen molar-refractivity contribution in [3.8, 4) is 0 Å². The Morgan fingerprint density at radius 2 is 1.81 bits per heavy atom. The Labute approximate surface area is 161 Å². The highest BCUT2D eigenvalue weighted by atomic mass is 32.2. The van der Waals surface area contributed by atoms with Gasteiger partial charge >= 0.3 is 5.97 Å². The van der Waals surface area contributed by atoms with Crippen LogP contribution in [0.25, 0.3) is 0 Å². The van der Waals surface area contributed by atoms with Gasteiger partial charge in [0.25, 0.3) is 5.91 Å². The Bertz CT molecular complexity index is 668. The van der Waals surface area contributed by atoms with E-state index >= 15 is 0 Å². The molecule has 0 saturated carbocycles. The minimum absolute atomic E-state index is 0.0604. The summed E-state index contributed by atoms with van der Waals surface area (Å²) in [5.74, 6) is -1.42. The normalized spacial score (nSPS) is 21.2. The van der Waals surface area contributed by atoms with Crippen LogP contribution in [0, 0.1) is 5.41 Å². The maximum atomic E-state index is 12.6. The molecular weight excluding hydrogens is 372 g/mol. The first-order valence-electron chi connectivity index (χ1n) is 9.27. The zero-order chi connectivity index (χ0) is 21.0. The maximum absolute atomic E-state index is 12.6. The van der Waals surface area contributed by atoms with E-state index in [9.17, 15) is 22.8 Å². The summed E-state index contributed by atoms with van der Waals surface area (Å²) in [7, 11) is -3.14. The van der Waals surface area contributed by atoms with Crippen molar-refractivity contribution in [2.75, 3.05) is 18.1 Å². The molecule has 1 aliphatic rings. The molecule has 0 aromatic heterocycles. The Hall–Kier alpha value is -1.64. The number of carbonyl (C=O) groups excluding carboxylic acids is 3. The molecule has 1 N–H and O–H groups in total. The van der Waals surface area contributed by atoms with Crippen LogP contribution in [0.5, 0.6) is 0 Å². The zero-order valence-electron chi connectivity index (χ0n) is 17.1. The van der Waals surface area contributed by atoms with Crippen LogP contribution in [0.4, 0.5) is 0 Å². The Morgan fingerprint density at radius 1 is 1.22 bits per heavy atom. The van der Waals surface area contributed by atoms with Crippen LogP contribution in [0.1, 0.15) is 54.4 Å². The quantitative estimate of drug-likeness (QED) is 0.631. The van der Waals surface area contributed by atoms with Crippen LogP contribution in [0.3, 0.4) is 0 Å². The average molecular weight is 405 g/mol. The standard InChI is InChI=1S/C18H32N2O6S/c1-7-12(2)20(14-8-9-27(24,25)11-14)15(21)10-26-16(22)13(3)19-17(23)18(4,5)6/h12-14H,7-11H2,1-6H3,(H,19,23)/t12-,13-,14+/m0/s1. The van der Waals surface area contributed by atoms with Gasteiger partial charge in [0.05, 0.1) is 11.5 Å². The van der Waals surface area contributed by atoms with Gasteiger partial charge in [-0.2, -0.15) is 0 Å². The van der Waals surface area contributed by atoms with E-state index in [1.807, 2.05) is 13.8 Å². The van der Waals surface area contributed by atoms with E-state index in [1.54, 1.807) is 20.8 Å². The molecule has 0 spiro atoms. The molecule has 1 heterocycles. The van der Waals surface area contributed by atoms with Crippen molar-refractivity contribution < 1.29 is 27.5 Å². The highest BCUT2D eigenvalue weighted by Crippen LogP contribution is 2.21. The molecule has 0 unspecified atom stereocenters. The molecule has 0 aromatic rings. The van der Waals surface area contributed by atoms with Crippen LogP contribution in [-0.2, 0) is 29.0 Å². The SMILES string of the molecule is CC[C@H](C)N(C(=O)COC(=O)[C@H](C)NC(=O)C(C)(C)C)[C@@H]1CCS(=O)(=O)C1. The van der Waals surface area contributed by atoms with Crippen molar-refractivity contribution >= 4 is 27.6 Å². The Balaban J connectivity index is 2.68. The number of hydrogen-bond donors (Lipinski definition) is 1. The lowest BCUT2D eigenvalue weighted by molar-refractivity contribution is -0.156. The summed E-state index contributed by atoms with van der Waals surface area (Å²) in [5.41, 5.74) is -0.647. The second-order valence-electron chi connectivity index (χ2n) is 8.17. The molecule has 1 saturated heterocycles. The summed E-state index contributed by atoms with van der Waals surface area (Å²) in [6.07, 6.45) is 1.05. The summed E-state index contributed by atoms with van der Waals surface area (Å²) in [5, 5.41) is 2.55. The summed E-state index contributed by atoms with van der Waals surface area (Å²) in [6, 6.07) is -1.44. The Morgan fingerprint density at radius 3 is 2.26 bits per heavy atom. The van der Waals surface area contributed by atoms with E-state index in [4.69, 9.17) is 4.74 Å². The largest absolute Gasteiger partial charge is 0.454 e. The highest BCUT2D eigenvalue weighted by molar-refractivity contribution is 7.91. The lowest BCUT2D eigenvalue weighted by atomic mass is 9.95. The third-order valence-corrected chi connectivity index (χ3v) is 6.43. The van der Waals surface area contributed by atoms with Crippen molar-refractivity contribution in [1.29, 1.82) is 0 Å². The first kappa shape index (κ1) is 23.4. The number of esters is 1. The second-order valence-corrected chi connectivity index (χ2v) is 10.4. The first-order valence-corrected chi connectivity index (χ1v) is 11.1. The van der Waals surface area contributed by atoms with Gasteiger partial charge in [-0.05, 0) is 26.7 Å². The molecule has 1 aliphatic heterocycles. The first-order chi connectivity index (χ1) is 12.3. The monoisotopic (exact) mass is 404 g/mol. The lowest BCUT2D eigenvalue weighted by Crippen LogP contribution is -2.49. The maximum Gasteiger partial charge on any atom is 0.328 e. The van der Waals surface area contributed by atoms with Gasteiger partial charge in [0.15, 0.2) is 16.4 Å². The topological polar surface area (TPSA) is 110 Å². The molecule has 27 heavy (non-hydrogen) atoms. The fourth-order valence-electron chi connectivity index (χ4n) is 2.81. The van der Waals surface area contributed by atoms with Crippen molar-refractivity contribution in [2.45, 2.75) is 72.5 Å². The van der Waals surface area contributed by atoms with Crippen molar-refractivity contribution in [3.05, 3.63) is 0 Å². The molecule has 8 nitrogen and oxygen atoms in total. The molecule has 9 heteroatoms. The van der Waals surface area contributed by atoms with Crippen molar-refractivity contribution in [2.24, 2.45) is 5.41 Å². The molecule has 1 rings (SSSR count). The number of amides is 2. The van der Waals surface area contributed by atoms with Crippen molar-refractivity contribution in [1.82, 2.24) is 10.2 Å². The number of sulfone groups is 1. The zero-order valence-corrected chi connectivity index (χ0v) is 17.9. The minimum atomic E-state index is -3.14. The number of hydrogen-bond acceptors (Lipinski definition) is 6. The lowest BCUT2D eigenvalue weighted by Gasteiger charge is -2.33. The van der Waals surface area contributed by atoms with Gasteiger partial charge in [0.2, 0.25) is 5.91 Å². The third-order valence-electron chi connectivity index (χ3n) is 4.68. The van der Waals surface area contributed by atoms with Gasteiger partial charge < -0.3 is 15.0 Å². The van der Waals surface area contributed by atoms with Gasteiger partial charge in [-0.1, -0.05) is 27.7 Å². The van der Waals surface area contributed by atoms with E-state index < -0.39 is 45.8 Å². The smallest absolute Gasteiger partial charge is 0.328 e. The van der Waals surface area contributed by atoms with Crippen LogP contribution in [0.2, 0.25) is 0 Å². The van der Waals surface area contributed by atoms with Crippen LogP contribution in [-0.4, -0.2) is 67.3 Å². The molecular formula is C18H32N2O6S. The molecule has 0 aromatic carbocycles. The predicted octanol–water partition coefficient (Wildman–Crippen LogP) is 0.895. The van der Waals surface area contributed by atoms with Gasteiger partial charge in [0, 0.05) is 17.5 Å². The van der Waals surface area contributed by atoms with E-state index in [1.165, 1.54) is 11.8 Å². The number of nitrogens with zero attached hydrogens (tertiary/aromatic N) is 1. The number of ether oxygens (including phenoxy) is 1. The molecule has 3 atom stereocenters. The van der Waals surface area contributed by atoms with E-state index in [0.717, 1.165) is 0 Å². The van der Waals surface area contributed by atoms with Crippen LogP contribution >= 0.6 is 0 Å². The van der Waals surface area contributed by atoms with Crippen molar-refractivity contribution in [3.63, 3.8) is 0 Å². The summed E-state index contributed by atoms with van der Waals surface area (Å²) in [4.78, 5) is 38.2.